The van der Waals surface area contributed by atoms with Gasteiger partial charge in [0.15, 0.2) is 11.5 Å². The zero-order valence-electron chi connectivity index (χ0n) is 15.5. The van der Waals surface area contributed by atoms with Crippen LogP contribution in [0.5, 0.6) is 11.5 Å². The van der Waals surface area contributed by atoms with Gasteiger partial charge < -0.3 is 19.4 Å². The SMILES string of the molecule is CCc1ccccc1NC(=O)Cn1c(C(F)(F)F)nc2cc3c(cc21)OCCO3. The fourth-order valence-electron chi connectivity index (χ4n) is 3.32. The number of hydrogen-bond acceptors (Lipinski definition) is 4. The third-order valence-corrected chi connectivity index (χ3v) is 4.64. The van der Waals surface area contributed by atoms with Gasteiger partial charge in [0, 0.05) is 17.8 Å². The maximum Gasteiger partial charge on any atom is 0.449 e. The van der Waals surface area contributed by atoms with E-state index in [1.165, 1.54) is 12.1 Å². The Morgan fingerprint density at radius 1 is 1.17 bits per heavy atom. The Balaban J connectivity index is 1.72. The largest absolute Gasteiger partial charge is 0.486 e. The highest BCUT2D eigenvalue weighted by Gasteiger charge is 2.38. The van der Waals surface area contributed by atoms with E-state index in [4.69, 9.17) is 9.47 Å². The molecule has 29 heavy (non-hydrogen) atoms. The first-order chi connectivity index (χ1) is 13.9. The summed E-state index contributed by atoms with van der Waals surface area (Å²) in [7, 11) is 0. The number of aromatic nitrogens is 2. The highest BCUT2D eigenvalue weighted by molar-refractivity contribution is 5.92. The Morgan fingerprint density at radius 3 is 2.55 bits per heavy atom. The number of amides is 1. The van der Waals surface area contributed by atoms with Gasteiger partial charge in [-0.05, 0) is 18.1 Å². The summed E-state index contributed by atoms with van der Waals surface area (Å²) in [5.74, 6) is -1.06. The number of halogens is 3. The summed E-state index contributed by atoms with van der Waals surface area (Å²) in [5, 5.41) is 2.69. The molecule has 0 radical (unpaired) electrons. The van der Waals surface area contributed by atoms with E-state index >= 15 is 0 Å². The number of aryl methyl sites for hydroxylation is 1. The van der Waals surface area contributed by atoms with Crippen LogP contribution < -0.4 is 14.8 Å². The number of fused-ring (bicyclic) bond motifs is 2. The van der Waals surface area contributed by atoms with Gasteiger partial charge in [0.1, 0.15) is 19.8 Å². The minimum atomic E-state index is -4.72. The van der Waals surface area contributed by atoms with Crippen molar-refractivity contribution < 1.29 is 27.4 Å². The molecular formula is C20H18F3N3O3. The predicted molar refractivity (Wildman–Crippen MR) is 100 cm³/mol. The van der Waals surface area contributed by atoms with Gasteiger partial charge >= 0.3 is 6.18 Å². The van der Waals surface area contributed by atoms with Crippen LogP contribution in [0.2, 0.25) is 0 Å². The van der Waals surface area contributed by atoms with Crippen LogP contribution in [0.25, 0.3) is 11.0 Å². The van der Waals surface area contributed by atoms with Gasteiger partial charge in [-0.25, -0.2) is 4.98 Å². The number of rotatable bonds is 4. The summed E-state index contributed by atoms with van der Waals surface area (Å²) in [4.78, 5) is 16.3. The van der Waals surface area contributed by atoms with E-state index in [1.54, 1.807) is 12.1 Å². The Bertz CT molecular complexity index is 1080. The van der Waals surface area contributed by atoms with Crippen molar-refractivity contribution in [2.24, 2.45) is 0 Å². The van der Waals surface area contributed by atoms with E-state index in [2.05, 4.69) is 10.3 Å². The molecule has 0 fully saturated rings. The van der Waals surface area contributed by atoms with E-state index in [9.17, 15) is 18.0 Å². The molecule has 0 saturated heterocycles. The van der Waals surface area contributed by atoms with Gasteiger partial charge in [0.05, 0.1) is 11.0 Å². The smallest absolute Gasteiger partial charge is 0.449 e. The summed E-state index contributed by atoms with van der Waals surface area (Å²) in [6, 6.07) is 10.00. The predicted octanol–water partition coefficient (Wildman–Crippen LogP) is 4.03. The van der Waals surface area contributed by atoms with Gasteiger partial charge in [-0.3, -0.25) is 4.79 Å². The second kappa shape index (κ2) is 7.31. The summed E-state index contributed by atoms with van der Waals surface area (Å²) >= 11 is 0. The van der Waals surface area contributed by atoms with Crippen LogP contribution in [-0.2, 0) is 23.9 Å². The molecule has 0 unspecified atom stereocenters. The number of anilines is 1. The standard InChI is InChI=1S/C20H18F3N3O3/c1-2-12-5-3-4-6-13(12)24-18(27)11-26-15-10-17-16(28-7-8-29-17)9-14(15)25-19(26)20(21,22)23/h3-6,9-10H,2,7-8,11H2,1H3,(H,24,27). The van der Waals surface area contributed by atoms with Crippen molar-refractivity contribution in [3.63, 3.8) is 0 Å². The topological polar surface area (TPSA) is 65.4 Å². The number of nitrogens with zero attached hydrogens (tertiary/aromatic N) is 2. The fourth-order valence-corrected chi connectivity index (χ4v) is 3.32. The number of carbonyl (C=O) groups excluding carboxylic acids is 1. The quantitative estimate of drug-likeness (QED) is 0.712. The summed E-state index contributed by atoms with van der Waals surface area (Å²) in [5.41, 5.74) is 1.71. The Hall–Kier alpha value is -3.23. The second-order valence-electron chi connectivity index (χ2n) is 6.56. The maximum absolute atomic E-state index is 13.6. The third-order valence-electron chi connectivity index (χ3n) is 4.64. The lowest BCUT2D eigenvalue weighted by molar-refractivity contribution is -0.147. The summed E-state index contributed by atoms with van der Waals surface area (Å²) in [6.07, 6.45) is -4.04. The molecule has 1 amide bonds. The maximum atomic E-state index is 13.6. The van der Waals surface area contributed by atoms with Gasteiger partial charge in [-0.15, -0.1) is 0 Å². The van der Waals surface area contributed by atoms with Crippen LogP contribution in [0, 0.1) is 0 Å². The first-order valence-corrected chi connectivity index (χ1v) is 9.11. The molecule has 1 N–H and O–H groups in total. The van der Waals surface area contributed by atoms with E-state index in [1.807, 2.05) is 19.1 Å². The second-order valence-corrected chi connectivity index (χ2v) is 6.56. The molecule has 1 aromatic heterocycles. The Kier molecular flexibility index (Phi) is 4.81. The van der Waals surface area contributed by atoms with Crippen molar-refractivity contribution in [2.75, 3.05) is 18.5 Å². The van der Waals surface area contributed by atoms with Gasteiger partial charge in [0.2, 0.25) is 11.7 Å². The van der Waals surface area contributed by atoms with Crippen LogP contribution in [0.15, 0.2) is 36.4 Å². The minimum Gasteiger partial charge on any atom is -0.486 e. The monoisotopic (exact) mass is 405 g/mol. The van der Waals surface area contributed by atoms with E-state index < -0.39 is 24.5 Å². The first-order valence-electron chi connectivity index (χ1n) is 9.11. The lowest BCUT2D eigenvalue weighted by Crippen LogP contribution is -2.23. The zero-order chi connectivity index (χ0) is 20.6. The molecule has 4 rings (SSSR count). The van der Waals surface area contributed by atoms with Crippen molar-refractivity contribution in [1.29, 1.82) is 0 Å². The number of benzene rings is 2. The van der Waals surface area contributed by atoms with E-state index in [-0.39, 0.29) is 11.0 Å². The van der Waals surface area contributed by atoms with Crippen LogP contribution in [0.3, 0.4) is 0 Å². The molecule has 2 heterocycles. The molecule has 1 aliphatic heterocycles. The molecule has 0 spiro atoms. The number of carbonyl (C=O) groups is 1. The van der Waals surface area contributed by atoms with Crippen molar-refractivity contribution in [1.82, 2.24) is 9.55 Å². The lowest BCUT2D eigenvalue weighted by atomic mass is 10.1. The van der Waals surface area contributed by atoms with Crippen molar-refractivity contribution in [3.05, 3.63) is 47.8 Å². The fraction of sp³-hybridized carbons (Fsp3) is 0.300. The molecule has 6 nitrogen and oxygen atoms in total. The highest BCUT2D eigenvalue weighted by Crippen LogP contribution is 2.38. The molecule has 2 aromatic carbocycles. The highest BCUT2D eigenvalue weighted by atomic mass is 19.4. The van der Waals surface area contributed by atoms with Crippen LogP contribution >= 0.6 is 0 Å². The molecule has 0 bridgehead atoms. The third kappa shape index (κ3) is 3.72. The van der Waals surface area contributed by atoms with Gasteiger partial charge in [0.25, 0.3) is 0 Å². The summed E-state index contributed by atoms with van der Waals surface area (Å²) in [6.45, 7) is 2.00. The average molecular weight is 405 g/mol. The van der Waals surface area contributed by atoms with Gasteiger partial charge in [-0.2, -0.15) is 13.2 Å². The normalized spacial score (nSPS) is 13.5. The van der Waals surface area contributed by atoms with Crippen molar-refractivity contribution >= 4 is 22.6 Å². The number of nitrogens with one attached hydrogen (secondary N) is 1. The number of imidazole rings is 1. The van der Waals surface area contributed by atoms with Crippen molar-refractivity contribution in [3.8, 4) is 11.5 Å². The number of alkyl halides is 3. The Morgan fingerprint density at radius 2 is 1.86 bits per heavy atom. The Labute approximate surface area is 164 Å². The lowest BCUT2D eigenvalue weighted by Gasteiger charge is -2.18. The molecule has 152 valence electrons. The van der Waals surface area contributed by atoms with Crippen LogP contribution in [0.4, 0.5) is 18.9 Å². The van der Waals surface area contributed by atoms with E-state index in [0.717, 1.165) is 10.1 Å². The average Bonchev–Trinajstić information content (AvgIpc) is 3.04. The molecule has 9 heteroatoms. The van der Waals surface area contributed by atoms with Crippen LogP contribution in [0.1, 0.15) is 18.3 Å². The number of ether oxygens (including phenoxy) is 2. The number of para-hydroxylation sites is 1. The number of hydrogen-bond donors (Lipinski definition) is 1. The molecule has 0 atom stereocenters. The first kappa shape index (κ1) is 19.1. The zero-order valence-corrected chi connectivity index (χ0v) is 15.5. The molecule has 0 aliphatic carbocycles. The minimum absolute atomic E-state index is 0.0864. The molecule has 1 aliphatic rings. The van der Waals surface area contributed by atoms with Gasteiger partial charge in [-0.1, -0.05) is 25.1 Å². The van der Waals surface area contributed by atoms with Crippen molar-refractivity contribution in [2.45, 2.75) is 26.1 Å². The molecule has 3 aromatic rings. The van der Waals surface area contributed by atoms with E-state index in [0.29, 0.717) is 36.8 Å². The molecule has 0 saturated carbocycles. The molecular weight excluding hydrogens is 387 g/mol. The van der Waals surface area contributed by atoms with Crippen LogP contribution in [-0.4, -0.2) is 28.7 Å². The summed E-state index contributed by atoms with van der Waals surface area (Å²) < 4.78 is 52.5.